The Balaban J connectivity index is 1.81. The van der Waals surface area contributed by atoms with E-state index in [2.05, 4.69) is 16.9 Å². The molecule has 3 rings (SSSR count). The predicted molar refractivity (Wildman–Crippen MR) is 76.3 cm³/mol. The van der Waals surface area contributed by atoms with E-state index in [0.717, 1.165) is 38.1 Å². The van der Waals surface area contributed by atoms with Gasteiger partial charge >= 0.3 is 0 Å². The molecule has 2 atom stereocenters. The summed E-state index contributed by atoms with van der Waals surface area (Å²) in [5.41, 5.74) is 6.38. The summed E-state index contributed by atoms with van der Waals surface area (Å²) in [5.74, 6) is 1.76. The molecule has 1 saturated carbocycles. The summed E-state index contributed by atoms with van der Waals surface area (Å²) < 4.78 is 0. The van der Waals surface area contributed by atoms with Crippen molar-refractivity contribution in [2.45, 2.75) is 44.6 Å². The van der Waals surface area contributed by atoms with Gasteiger partial charge in [-0.2, -0.15) is 0 Å². The van der Waals surface area contributed by atoms with E-state index in [4.69, 9.17) is 5.73 Å². The van der Waals surface area contributed by atoms with E-state index in [1.54, 1.807) is 12.3 Å². The van der Waals surface area contributed by atoms with Gasteiger partial charge in [0.05, 0.1) is 0 Å². The number of aromatic nitrogens is 2. The van der Waals surface area contributed by atoms with Gasteiger partial charge in [-0.05, 0) is 37.7 Å². The Morgan fingerprint density at radius 1 is 1.45 bits per heavy atom. The number of likely N-dealkylation sites (tertiary alicyclic amines) is 1. The van der Waals surface area contributed by atoms with Crippen LogP contribution in [0, 0.1) is 5.92 Å². The van der Waals surface area contributed by atoms with Gasteiger partial charge in [0, 0.05) is 31.2 Å². The largest absolute Gasteiger partial charge is 0.333 e. The average molecular weight is 274 g/mol. The van der Waals surface area contributed by atoms with Gasteiger partial charge in [0.25, 0.3) is 5.91 Å². The van der Waals surface area contributed by atoms with Crippen LogP contribution in [0.4, 0.5) is 0 Å². The van der Waals surface area contributed by atoms with Crippen molar-refractivity contribution in [3.05, 3.63) is 23.8 Å². The van der Waals surface area contributed by atoms with Crippen LogP contribution in [0.15, 0.2) is 12.3 Å². The average Bonchev–Trinajstić information content (AvgIpc) is 3.31. The van der Waals surface area contributed by atoms with Crippen molar-refractivity contribution < 1.29 is 4.79 Å². The molecule has 1 saturated heterocycles. The van der Waals surface area contributed by atoms with Gasteiger partial charge in [-0.1, -0.05) is 6.92 Å². The van der Waals surface area contributed by atoms with Crippen LogP contribution in [0.2, 0.25) is 0 Å². The highest BCUT2D eigenvalue weighted by molar-refractivity contribution is 5.92. The fourth-order valence-corrected chi connectivity index (χ4v) is 3.04. The number of nitrogens with zero attached hydrogens (tertiary/aromatic N) is 3. The molecule has 1 aromatic rings. The molecular formula is C15H22N4O. The Bertz CT molecular complexity index is 500. The van der Waals surface area contributed by atoms with Crippen LogP contribution in [-0.2, 0) is 0 Å². The SMILES string of the molecule is C[C@@H]1CCCN(C(=O)c2ccnc(C3CC3)n2)[C@H]1CN. The monoisotopic (exact) mass is 274 g/mol. The maximum absolute atomic E-state index is 12.7. The number of carbonyl (C=O) groups excluding carboxylic acids is 1. The smallest absolute Gasteiger partial charge is 0.272 e. The summed E-state index contributed by atoms with van der Waals surface area (Å²) in [6, 6.07) is 1.86. The first-order chi connectivity index (χ1) is 9.70. The number of hydrogen-bond acceptors (Lipinski definition) is 4. The first kappa shape index (κ1) is 13.5. The lowest BCUT2D eigenvalue weighted by molar-refractivity contribution is 0.0526. The van der Waals surface area contributed by atoms with Crippen LogP contribution in [0.1, 0.15) is 54.8 Å². The molecule has 2 aliphatic rings. The zero-order valence-electron chi connectivity index (χ0n) is 12.0. The zero-order chi connectivity index (χ0) is 14.1. The van der Waals surface area contributed by atoms with Gasteiger partial charge in [-0.15, -0.1) is 0 Å². The molecule has 20 heavy (non-hydrogen) atoms. The lowest BCUT2D eigenvalue weighted by atomic mass is 9.90. The first-order valence-corrected chi connectivity index (χ1v) is 7.54. The second kappa shape index (κ2) is 5.48. The van der Waals surface area contributed by atoms with E-state index in [-0.39, 0.29) is 11.9 Å². The molecule has 0 bridgehead atoms. The molecule has 1 aromatic heterocycles. The number of hydrogen-bond donors (Lipinski definition) is 1. The third-order valence-electron chi connectivity index (χ3n) is 4.45. The molecule has 2 fully saturated rings. The Morgan fingerprint density at radius 2 is 2.25 bits per heavy atom. The van der Waals surface area contributed by atoms with Gasteiger partial charge in [-0.3, -0.25) is 4.79 Å². The third-order valence-corrected chi connectivity index (χ3v) is 4.45. The molecule has 108 valence electrons. The highest BCUT2D eigenvalue weighted by Gasteiger charge is 2.33. The highest BCUT2D eigenvalue weighted by atomic mass is 16.2. The molecule has 1 aliphatic carbocycles. The van der Waals surface area contributed by atoms with Crippen LogP contribution in [0.5, 0.6) is 0 Å². The molecule has 0 radical (unpaired) electrons. The number of rotatable bonds is 3. The van der Waals surface area contributed by atoms with Gasteiger partial charge in [0.2, 0.25) is 0 Å². The van der Waals surface area contributed by atoms with Gasteiger partial charge in [-0.25, -0.2) is 9.97 Å². The molecular weight excluding hydrogens is 252 g/mol. The lowest BCUT2D eigenvalue weighted by Gasteiger charge is -2.39. The highest BCUT2D eigenvalue weighted by Crippen LogP contribution is 2.37. The van der Waals surface area contributed by atoms with Crippen molar-refractivity contribution in [1.82, 2.24) is 14.9 Å². The number of piperidine rings is 1. The zero-order valence-corrected chi connectivity index (χ0v) is 12.0. The summed E-state index contributed by atoms with van der Waals surface area (Å²) in [4.78, 5) is 23.3. The lowest BCUT2D eigenvalue weighted by Crippen LogP contribution is -2.51. The Kier molecular flexibility index (Phi) is 3.70. The predicted octanol–water partition coefficient (Wildman–Crippen LogP) is 1.55. The number of carbonyl (C=O) groups is 1. The van der Waals surface area contributed by atoms with E-state index >= 15 is 0 Å². The molecule has 0 spiro atoms. The summed E-state index contributed by atoms with van der Waals surface area (Å²) in [5, 5.41) is 0. The third kappa shape index (κ3) is 2.54. The topological polar surface area (TPSA) is 72.1 Å². The second-order valence-corrected chi connectivity index (χ2v) is 6.00. The number of nitrogens with two attached hydrogens (primary N) is 1. The fraction of sp³-hybridized carbons (Fsp3) is 0.667. The van der Waals surface area contributed by atoms with E-state index in [0.29, 0.717) is 24.1 Å². The number of amides is 1. The van der Waals surface area contributed by atoms with Crippen molar-refractivity contribution in [2.24, 2.45) is 11.7 Å². The fourth-order valence-electron chi connectivity index (χ4n) is 3.04. The summed E-state index contributed by atoms with van der Waals surface area (Å²) in [6.07, 6.45) is 6.18. The maximum Gasteiger partial charge on any atom is 0.272 e. The van der Waals surface area contributed by atoms with Crippen molar-refractivity contribution in [3.8, 4) is 0 Å². The maximum atomic E-state index is 12.7. The molecule has 5 nitrogen and oxygen atoms in total. The van der Waals surface area contributed by atoms with Gasteiger partial charge < -0.3 is 10.6 Å². The molecule has 0 unspecified atom stereocenters. The minimum absolute atomic E-state index is 0.0105. The minimum Gasteiger partial charge on any atom is -0.333 e. The van der Waals surface area contributed by atoms with E-state index in [9.17, 15) is 4.79 Å². The van der Waals surface area contributed by atoms with Crippen LogP contribution in [-0.4, -0.2) is 39.9 Å². The molecule has 2 heterocycles. The molecule has 1 amide bonds. The van der Waals surface area contributed by atoms with Crippen LogP contribution in [0.25, 0.3) is 0 Å². The van der Waals surface area contributed by atoms with Crippen molar-refractivity contribution >= 4 is 5.91 Å². The Labute approximate surface area is 119 Å². The standard InChI is InChI=1S/C15H22N4O/c1-10-3-2-8-19(13(10)9-16)15(20)12-6-7-17-14(18-12)11-4-5-11/h6-7,10-11,13H,2-5,8-9,16H2,1H3/t10-,13+/m1/s1. The van der Waals surface area contributed by atoms with Crippen molar-refractivity contribution in [2.75, 3.05) is 13.1 Å². The van der Waals surface area contributed by atoms with E-state index < -0.39 is 0 Å². The summed E-state index contributed by atoms with van der Waals surface area (Å²) >= 11 is 0. The van der Waals surface area contributed by atoms with Crippen LogP contribution < -0.4 is 5.73 Å². The van der Waals surface area contributed by atoms with Crippen molar-refractivity contribution in [3.63, 3.8) is 0 Å². The molecule has 0 aromatic carbocycles. The summed E-state index contributed by atoms with van der Waals surface area (Å²) in [6.45, 7) is 3.48. The summed E-state index contributed by atoms with van der Waals surface area (Å²) in [7, 11) is 0. The van der Waals surface area contributed by atoms with Crippen molar-refractivity contribution in [1.29, 1.82) is 0 Å². The Morgan fingerprint density at radius 3 is 2.95 bits per heavy atom. The first-order valence-electron chi connectivity index (χ1n) is 7.54. The molecule has 2 N–H and O–H groups in total. The Hall–Kier alpha value is -1.49. The van der Waals surface area contributed by atoms with Crippen LogP contribution >= 0.6 is 0 Å². The van der Waals surface area contributed by atoms with E-state index in [1.165, 1.54) is 0 Å². The normalized spacial score (nSPS) is 26.6. The second-order valence-electron chi connectivity index (χ2n) is 6.00. The minimum atomic E-state index is 0.0105. The van der Waals surface area contributed by atoms with Crippen LogP contribution in [0.3, 0.4) is 0 Å². The van der Waals surface area contributed by atoms with E-state index in [1.807, 2.05) is 4.90 Å². The van der Waals surface area contributed by atoms with Gasteiger partial charge in [0.1, 0.15) is 11.5 Å². The molecule has 5 heteroatoms. The molecule has 1 aliphatic heterocycles. The van der Waals surface area contributed by atoms with Gasteiger partial charge in [0.15, 0.2) is 0 Å². The quantitative estimate of drug-likeness (QED) is 0.907.